The van der Waals surface area contributed by atoms with E-state index in [1.165, 1.54) is 17.5 Å². The molecule has 2 amide bonds. The van der Waals surface area contributed by atoms with Crippen LogP contribution in [0.1, 0.15) is 82.4 Å². The van der Waals surface area contributed by atoms with E-state index in [9.17, 15) is 9.59 Å². The van der Waals surface area contributed by atoms with E-state index in [1.807, 2.05) is 10.7 Å². The number of nitrogens with zero attached hydrogens (tertiary/aromatic N) is 4. The third kappa shape index (κ3) is 5.25. The van der Waals surface area contributed by atoms with Crippen LogP contribution in [0.3, 0.4) is 0 Å². The Hall–Kier alpha value is -2.64. The highest BCUT2D eigenvalue weighted by Gasteiger charge is 2.24. The van der Waals surface area contributed by atoms with Crippen LogP contribution in [0.15, 0.2) is 18.5 Å². The van der Waals surface area contributed by atoms with Gasteiger partial charge in [-0.05, 0) is 45.6 Å². The van der Waals surface area contributed by atoms with Crippen LogP contribution >= 0.6 is 0 Å². The van der Waals surface area contributed by atoms with Crippen LogP contribution in [-0.4, -0.2) is 37.4 Å². The Morgan fingerprint density at radius 1 is 1.24 bits per heavy atom. The maximum atomic E-state index is 12.7. The van der Waals surface area contributed by atoms with E-state index in [0.717, 1.165) is 18.5 Å². The molecule has 0 radical (unpaired) electrons. The van der Waals surface area contributed by atoms with Crippen molar-refractivity contribution in [2.45, 2.75) is 84.3 Å². The number of carbonyl (C=O) groups excluding carboxylic acids is 2. The van der Waals surface area contributed by atoms with Gasteiger partial charge in [-0.2, -0.15) is 10.2 Å². The maximum Gasteiger partial charge on any atom is 0.276 e. The number of rotatable bonds is 6. The van der Waals surface area contributed by atoms with Crippen molar-refractivity contribution in [2.24, 2.45) is 0 Å². The molecule has 8 nitrogen and oxygen atoms in total. The largest absolute Gasteiger partial charge is 0.352 e. The van der Waals surface area contributed by atoms with Gasteiger partial charge in [-0.1, -0.05) is 26.7 Å². The molecule has 3 rings (SSSR count). The summed E-state index contributed by atoms with van der Waals surface area (Å²) in [5.74, 6) is -0.0855. The van der Waals surface area contributed by atoms with Gasteiger partial charge in [0.1, 0.15) is 6.54 Å². The number of carbonyl (C=O) groups is 2. The molecule has 0 unspecified atom stereocenters. The van der Waals surface area contributed by atoms with Crippen molar-refractivity contribution >= 4 is 17.5 Å². The molecule has 0 bridgehead atoms. The number of hydrogen-bond acceptors (Lipinski definition) is 4. The molecular weight excluding hydrogens is 368 g/mol. The van der Waals surface area contributed by atoms with Gasteiger partial charge in [-0.15, -0.1) is 0 Å². The van der Waals surface area contributed by atoms with Gasteiger partial charge in [0.2, 0.25) is 5.91 Å². The Labute approximate surface area is 172 Å². The zero-order chi connectivity index (χ0) is 21.2. The molecule has 2 aromatic heterocycles. The first-order valence-corrected chi connectivity index (χ1v) is 10.4. The molecule has 0 aromatic carbocycles. The lowest BCUT2D eigenvalue weighted by atomic mass is 10.1. The first-order valence-electron chi connectivity index (χ1n) is 10.4. The van der Waals surface area contributed by atoms with Crippen molar-refractivity contribution in [3.8, 4) is 0 Å². The summed E-state index contributed by atoms with van der Waals surface area (Å²) >= 11 is 0. The molecule has 1 fully saturated rings. The smallest absolute Gasteiger partial charge is 0.276 e. The predicted octanol–water partition coefficient (Wildman–Crippen LogP) is 3.27. The highest BCUT2D eigenvalue weighted by atomic mass is 16.2. The van der Waals surface area contributed by atoms with Gasteiger partial charge in [-0.25, -0.2) is 0 Å². The fraction of sp³-hybridized carbons (Fsp3) is 0.619. The second kappa shape index (κ2) is 8.39. The molecule has 0 atom stereocenters. The molecule has 0 spiro atoms. The number of amides is 2. The number of nitrogens with one attached hydrogen (secondary N) is 2. The summed E-state index contributed by atoms with van der Waals surface area (Å²) in [5, 5.41) is 14.6. The Morgan fingerprint density at radius 2 is 1.93 bits per heavy atom. The number of anilines is 1. The van der Waals surface area contributed by atoms with E-state index < -0.39 is 0 Å². The molecule has 2 aromatic rings. The van der Waals surface area contributed by atoms with Crippen LogP contribution in [0.25, 0.3) is 0 Å². The SMILES string of the molecule is CC(C)c1cc(C(=O)Nc2cnn(CC(=O)NC3CCCC3)c2)nn1C(C)(C)C. The van der Waals surface area contributed by atoms with Crippen LogP contribution < -0.4 is 10.6 Å². The second-order valence-corrected chi connectivity index (χ2v) is 9.12. The van der Waals surface area contributed by atoms with E-state index in [1.54, 1.807) is 12.4 Å². The topological polar surface area (TPSA) is 93.8 Å². The van der Waals surface area contributed by atoms with E-state index >= 15 is 0 Å². The predicted molar refractivity (Wildman–Crippen MR) is 112 cm³/mol. The van der Waals surface area contributed by atoms with E-state index in [2.05, 4.69) is 55.4 Å². The average molecular weight is 401 g/mol. The highest BCUT2D eigenvalue weighted by molar-refractivity contribution is 6.02. The molecule has 1 aliphatic carbocycles. The van der Waals surface area contributed by atoms with Crippen molar-refractivity contribution in [3.05, 3.63) is 29.8 Å². The van der Waals surface area contributed by atoms with Crippen LogP contribution in [-0.2, 0) is 16.9 Å². The minimum atomic E-state index is -0.287. The molecule has 1 saturated carbocycles. The van der Waals surface area contributed by atoms with Crippen LogP contribution in [0.2, 0.25) is 0 Å². The minimum Gasteiger partial charge on any atom is -0.352 e. The quantitative estimate of drug-likeness (QED) is 0.778. The van der Waals surface area contributed by atoms with Gasteiger partial charge >= 0.3 is 0 Å². The van der Waals surface area contributed by atoms with Gasteiger partial charge in [-0.3, -0.25) is 19.0 Å². The molecule has 158 valence electrons. The first-order chi connectivity index (χ1) is 13.6. The maximum absolute atomic E-state index is 12.7. The second-order valence-electron chi connectivity index (χ2n) is 9.12. The number of hydrogen-bond donors (Lipinski definition) is 2. The van der Waals surface area contributed by atoms with Crippen molar-refractivity contribution in [1.29, 1.82) is 0 Å². The van der Waals surface area contributed by atoms with E-state index in [-0.39, 0.29) is 35.9 Å². The van der Waals surface area contributed by atoms with Crippen LogP contribution in [0.4, 0.5) is 5.69 Å². The van der Waals surface area contributed by atoms with Crippen molar-refractivity contribution in [3.63, 3.8) is 0 Å². The lowest BCUT2D eigenvalue weighted by Crippen LogP contribution is -2.35. The Kier molecular flexibility index (Phi) is 6.10. The normalized spacial score (nSPS) is 15.1. The lowest BCUT2D eigenvalue weighted by molar-refractivity contribution is -0.122. The molecule has 8 heteroatoms. The first kappa shape index (κ1) is 21.1. The zero-order valence-electron chi connectivity index (χ0n) is 18.0. The third-order valence-electron chi connectivity index (χ3n) is 5.11. The van der Waals surface area contributed by atoms with E-state index in [0.29, 0.717) is 11.4 Å². The summed E-state index contributed by atoms with van der Waals surface area (Å²) < 4.78 is 3.44. The zero-order valence-corrected chi connectivity index (χ0v) is 18.0. The third-order valence-corrected chi connectivity index (χ3v) is 5.11. The van der Waals surface area contributed by atoms with Crippen molar-refractivity contribution in [2.75, 3.05) is 5.32 Å². The average Bonchev–Trinajstić information content (AvgIpc) is 3.34. The van der Waals surface area contributed by atoms with Gasteiger partial charge in [0, 0.05) is 17.9 Å². The summed E-state index contributed by atoms with van der Waals surface area (Å²) in [5.41, 5.74) is 1.72. The van der Waals surface area contributed by atoms with Gasteiger partial charge in [0.05, 0.1) is 17.4 Å². The Morgan fingerprint density at radius 3 is 2.52 bits per heavy atom. The standard InChI is InChI=1S/C21H32N6O2/c1-14(2)18-10-17(25-27(18)21(3,4)5)20(29)24-16-11-22-26(12-16)13-19(28)23-15-8-6-7-9-15/h10-12,14-15H,6-9,13H2,1-5H3,(H,23,28)(H,24,29). The molecule has 2 heterocycles. The summed E-state index contributed by atoms with van der Waals surface area (Å²) in [6.07, 6.45) is 7.65. The fourth-order valence-electron chi connectivity index (χ4n) is 3.66. The summed E-state index contributed by atoms with van der Waals surface area (Å²) in [6.45, 7) is 10.5. The molecular formula is C21H32N6O2. The minimum absolute atomic E-state index is 0.0524. The summed E-state index contributed by atoms with van der Waals surface area (Å²) in [6, 6.07) is 2.12. The van der Waals surface area contributed by atoms with Gasteiger partial charge in [0.15, 0.2) is 5.69 Å². The fourth-order valence-corrected chi connectivity index (χ4v) is 3.66. The molecule has 0 saturated heterocycles. The molecule has 0 aliphatic heterocycles. The lowest BCUT2D eigenvalue weighted by Gasteiger charge is -2.23. The van der Waals surface area contributed by atoms with Crippen LogP contribution in [0.5, 0.6) is 0 Å². The Bertz CT molecular complexity index is 868. The van der Waals surface area contributed by atoms with Crippen LogP contribution in [0, 0.1) is 0 Å². The van der Waals surface area contributed by atoms with Gasteiger partial charge < -0.3 is 10.6 Å². The summed E-state index contributed by atoms with van der Waals surface area (Å²) in [4.78, 5) is 24.8. The van der Waals surface area contributed by atoms with E-state index in [4.69, 9.17) is 0 Å². The molecule has 1 aliphatic rings. The molecule has 2 N–H and O–H groups in total. The molecule has 29 heavy (non-hydrogen) atoms. The Balaban J connectivity index is 1.63. The van der Waals surface area contributed by atoms with Crippen molar-refractivity contribution < 1.29 is 9.59 Å². The monoisotopic (exact) mass is 400 g/mol. The highest BCUT2D eigenvalue weighted by Crippen LogP contribution is 2.24. The summed E-state index contributed by atoms with van der Waals surface area (Å²) in [7, 11) is 0. The number of aromatic nitrogens is 4. The van der Waals surface area contributed by atoms with Crippen molar-refractivity contribution in [1.82, 2.24) is 24.9 Å². The van der Waals surface area contributed by atoms with Gasteiger partial charge in [0.25, 0.3) is 5.91 Å².